The van der Waals surface area contributed by atoms with Crippen LogP contribution in [0.4, 0.5) is 0 Å². The van der Waals surface area contributed by atoms with Gasteiger partial charge in [-0.3, -0.25) is 9.59 Å². The SMILES string of the molecule is C=C1O[C@@H](O[C@@H]2[C@H](C)O[C@@H](O[C@@H]3[C@H](C)O[C@@H](O[C@H]4C[C@](O)(CC)[C@H](C(=O)OC)c5cc6c(O)c7cccc(O)c7c(O)c6c(O)c54)C[C@@H]3N(C)C)C[C@@H]2O)C=CC1=O. The molecule has 0 aromatic heterocycles. The number of nitrogens with zero attached hydrogens (tertiary/aromatic N) is 1. The maximum absolute atomic E-state index is 13.4. The van der Waals surface area contributed by atoms with Crippen molar-refractivity contribution in [2.75, 3.05) is 21.2 Å². The fourth-order valence-electron chi connectivity index (χ4n) is 8.92. The van der Waals surface area contributed by atoms with E-state index in [4.69, 9.17) is 33.2 Å². The molecule has 0 bridgehead atoms. The van der Waals surface area contributed by atoms with Crippen LogP contribution < -0.4 is 0 Å². The number of benzene rings is 3. The molecule has 0 radical (unpaired) electrons. The number of fused-ring (bicyclic) bond motifs is 3. The molecule has 3 aromatic rings. The third kappa shape index (κ3) is 7.25. The van der Waals surface area contributed by atoms with E-state index < -0.39 is 84.5 Å². The van der Waals surface area contributed by atoms with Gasteiger partial charge in [0.25, 0.3) is 0 Å². The van der Waals surface area contributed by atoms with Crippen LogP contribution in [0.2, 0.25) is 0 Å². The van der Waals surface area contributed by atoms with Crippen molar-refractivity contribution in [2.45, 2.75) is 120 Å². The lowest BCUT2D eigenvalue weighted by Crippen LogP contribution is -2.58. The highest BCUT2D eigenvalue weighted by Gasteiger charge is 2.52. The van der Waals surface area contributed by atoms with Gasteiger partial charge >= 0.3 is 5.97 Å². The number of likely N-dealkylation sites (N-methyl/N-ethyl adjacent to an activating group) is 1. The minimum absolute atomic E-state index is 0.0149. The number of carbonyl (C=O) groups excluding carboxylic acids is 2. The van der Waals surface area contributed by atoms with Crippen LogP contribution in [0.3, 0.4) is 0 Å². The molecule has 0 amide bonds. The van der Waals surface area contributed by atoms with E-state index in [-0.39, 0.29) is 87.4 Å². The Kier molecular flexibility index (Phi) is 11.4. The Hall–Kier alpha value is -4.52. The van der Waals surface area contributed by atoms with E-state index in [2.05, 4.69) is 6.58 Å². The molecule has 6 N–H and O–H groups in total. The highest BCUT2D eigenvalue weighted by atomic mass is 16.7. The second kappa shape index (κ2) is 15.9. The molecule has 16 nitrogen and oxygen atoms in total. The third-order valence-corrected chi connectivity index (χ3v) is 12.0. The lowest BCUT2D eigenvalue weighted by Gasteiger charge is -2.48. The van der Waals surface area contributed by atoms with E-state index in [0.29, 0.717) is 0 Å². The summed E-state index contributed by atoms with van der Waals surface area (Å²) in [5.74, 6) is -4.20. The summed E-state index contributed by atoms with van der Waals surface area (Å²) in [7, 11) is 4.93. The first-order valence-electron chi connectivity index (χ1n) is 19.3. The van der Waals surface area contributed by atoms with Crippen molar-refractivity contribution in [1.29, 1.82) is 0 Å². The molecule has 16 heteroatoms. The van der Waals surface area contributed by atoms with E-state index in [1.807, 2.05) is 19.0 Å². The quantitative estimate of drug-likeness (QED) is 0.0778. The Morgan fingerprint density at radius 3 is 2.28 bits per heavy atom. The lowest BCUT2D eigenvalue weighted by atomic mass is 9.68. The van der Waals surface area contributed by atoms with Crippen LogP contribution >= 0.6 is 0 Å². The molecule has 2 fully saturated rings. The maximum atomic E-state index is 13.4. The second-order valence-corrected chi connectivity index (χ2v) is 15.7. The Bertz CT molecular complexity index is 2120. The van der Waals surface area contributed by atoms with Gasteiger partial charge in [0, 0.05) is 41.6 Å². The van der Waals surface area contributed by atoms with E-state index in [0.717, 1.165) is 0 Å². The molecule has 3 aliphatic heterocycles. The molecule has 58 heavy (non-hydrogen) atoms. The molecule has 314 valence electrons. The van der Waals surface area contributed by atoms with Crippen LogP contribution in [0, 0.1) is 0 Å². The van der Waals surface area contributed by atoms with Gasteiger partial charge in [-0.25, -0.2) is 0 Å². The number of ether oxygens (including phenoxy) is 7. The fourth-order valence-corrected chi connectivity index (χ4v) is 8.92. The average molecular weight is 810 g/mol. The van der Waals surface area contributed by atoms with E-state index in [1.54, 1.807) is 20.8 Å². The Labute approximate surface area is 334 Å². The second-order valence-electron chi connectivity index (χ2n) is 15.7. The summed E-state index contributed by atoms with van der Waals surface area (Å²) in [5, 5.41) is 68.7. The average Bonchev–Trinajstić information content (AvgIpc) is 3.17. The molecule has 3 aromatic carbocycles. The van der Waals surface area contributed by atoms with Gasteiger partial charge in [0.05, 0.1) is 47.9 Å². The summed E-state index contributed by atoms with van der Waals surface area (Å²) < 4.78 is 42.2. The zero-order valence-corrected chi connectivity index (χ0v) is 33.2. The highest BCUT2D eigenvalue weighted by Crippen LogP contribution is 2.57. The first kappa shape index (κ1) is 41.6. The minimum atomic E-state index is -1.73. The van der Waals surface area contributed by atoms with Crippen molar-refractivity contribution in [3.63, 3.8) is 0 Å². The number of phenolic OH excluding ortho intramolecular Hbond substituents is 4. The monoisotopic (exact) mass is 809 g/mol. The number of ketones is 1. The predicted molar refractivity (Wildman–Crippen MR) is 206 cm³/mol. The number of phenols is 4. The predicted octanol–water partition coefficient (Wildman–Crippen LogP) is 4.00. The molecule has 0 saturated carbocycles. The summed E-state index contributed by atoms with van der Waals surface area (Å²) in [4.78, 5) is 27.1. The number of aliphatic hydroxyl groups is 2. The molecular weight excluding hydrogens is 758 g/mol. The summed E-state index contributed by atoms with van der Waals surface area (Å²) in [6.07, 6.45) is -4.46. The van der Waals surface area contributed by atoms with E-state index in [9.17, 15) is 40.2 Å². The van der Waals surface area contributed by atoms with E-state index >= 15 is 0 Å². The largest absolute Gasteiger partial charge is 0.507 e. The normalized spacial score (nSPS) is 34.0. The molecule has 4 aliphatic rings. The number of aromatic hydroxyl groups is 4. The number of methoxy groups -OCH3 is 1. The molecular formula is C42H51NO15. The van der Waals surface area contributed by atoms with Crippen molar-refractivity contribution in [2.24, 2.45) is 0 Å². The van der Waals surface area contributed by atoms with Gasteiger partial charge < -0.3 is 68.7 Å². The van der Waals surface area contributed by atoms with Crippen LogP contribution in [-0.4, -0.2) is 130 Å². The third-order valence-electron chi connectivity index (χ3n) is 12.0. The van der Waals surface area contributed by atoms with Crippen LogP contribution in [0.25, 0.3) is 21.5 Å². The zero-order valence-electron chi connectivity index (χ0n) is 33.2. The van der Waals surface area contributed by atoms with E-state index in [1.165, 1.54) is 43.5 Å². The Morgan fingerprint density at radius 2 is 1.64 bits per heavy atom. The molecule has 2 saturated heterocycles. The molecule has 12 atom stereocenters. The molecule has 0 unspecified atom stereocenters. The van der Waals surface area contributed by atoms with Crippen molar-refractivity contribution >= 4 is 33.3 Å². The highest BCUT2D eigenvalue weighted by molar-refractivity contribution is 6.15. The first-order chi connectivity index (χ1) is 27.5. The summed E-state index contributed by atoms with van der Waals surface area (Å²) in [6, 6.07) is 5.43. The van der Waals surface area contributed by atoms with Gasteiger partial charge in [0.2, 0.25) is 12.1 Å². The Balaban J connectivity index is 1.16. The number of rotatable bonds is 9. The van der Waals surface area contributed by atoms with Crippen LogP contribution in [0.15, 0.2) is 48.8 Å². The number of carbonyl (C=O) groups is 2. The topological polar surface area (TPSA) is 223 Å². The van der Waals surface area contributed by atoms with Gasteiger partial charge in [-0.1, -0.05) is 25.6 Å². The van der Waals surface area contributed by atoms with Gasteiger partial charge in [-0.15, -0.1) is 0 Å². The molecule has 3 heterocycles. The van der Waals surface area contributed by atoms with Gasteiger partial charge in [0.1, 0.15) is 41.1 Å². The smallest absolute Gasteiger partial charge is 0.316 e. The van der Waals surface area contributed by atoms with Gasteiger partial charge in [-0.05, 0) is 64.2 Å². The van der Waals surface area contributed by atoms with Gasteiger partial charge in [-0.2, -0.15) is 0 Å². The van der Waals surface area contributed by atoms with Crippen LogP contribution in [0.1, 0.15) is 69.6 Å². The maximum Gasteiger partial charge on any atom is 0.316 e. The number of aliphatic hydroxyl groups excluding tert-OH is 1. The summed E-state index contributed by atoms with van der Waals surface area (Å²) in [6.45, 7) is 8.83. The summed E-state index contributed by atoms with van der Waals surface area (Å²) in [5.41, 5.74) is -1.51. The molecule has 7 rings (SSSR count). The van der Waals surface area contributed by atoms with Crippen molar-refractivity contribution in [3.05, 3.63) is 59.9 Å². The number of esters is 1. The standard InChI is InChI=1S/C42H51NO15/c1-8-42(51)17-28(33-22(35(42)41(50)52-7)14-23-34(38(33)49)37(48)32-21(36(23)47)10-9-11-26(32)45)56-30-15-24(43(5)6)39(19(3)54-30)58-31-16-27(46)40(20(4)55-31)57-29-13-12-25(44)18(2)53-29/h9-14,19-20,24,27-31,35,39-40,45-49,51H,2,8,15-17H2,1,3-7H3/t19-,20-,24-,27-,28-,29-,30-,31-,35-,39+,40+,42+/m0/s1. The lowest BCUT2D eigenvalue weighted by molar-refractivity contribution is -0.318. The first-order valence-corrected chi connectivity index (χ1v) is 19.3. The zero-order chi connectivity index (χ0) is 42.0. The fraction of sp³-hybridized carbons (Fsp3) is 0.524. The van der Waals surface area contributed by atoms with Gasteiger partial charge in [0.15, 0.2) is 18.3 Å². The van der Waals surface area contributed by atoms with Crippen LogP contribution in [0.5, 0.6) is 23.0 Å². The molecule has 0 spiro atoms. The van der Waals surface area contributed by atoms with Crippen molar-refractivity contribution in [3.8, 4) is 23.0 Å². The molecule has 1 aliphatic carbocycles. The number of allylic oxidation sites excluding steroid dienone is 1. The summed E-state index contributed by atoms with van der Waals surface area (Å²) >= 11 is 0. The van der Waals surface area contributed by atoms with Crippen molar-refractivity contribution in [1.82, 2.24) is 4.90 Å². The minimum Gasteiger partial charge on any atom is -0.507 e. The Morgan fingerprint density at radius 1 is 0.948 bits per heavy atom. The van der Waals surface area contributed by atoms with Crippen molar-refractivity contribution < 1.29 is 73.4 Å². The van der Waals surface area contributed by atoms with Crippen LogP contribution in [-0.2, 0) is 42.7 Å². The number of hydrogen-bond acceptors (Lipinski definition) is 16. The number of hydrogen-bond donors (Lipinski definition) is 6.